The summed E-state index contributed by atoms with van der Waals surface area (Å²) in [6.45, 7) is 1.64. The van der Waals surface area contributed by atoms with E-state index in [-0.39, 0.29) is 27.9 Å². The minimum Gasteiger partial charge on any atom is -0.383 e. The van der Waals surface area contributed by atoms with Crippen LogP contribution in [0.1, 0.15) is 18.1 Å². The Morgan fingerprint density at radius 1 is 1.29 bits per heavy atom. The highest BCUT2D eigenvalue weighted by Gasteiger charge is 2.19. The molecular formula is C16H12FN5OS. The number of rotatable bonds is 4. The fourth-order valence-electron chi connectivity index (χ4n) is 1.77. The summed E-state index contributed by atoms with van der Waals surface area (Å²) in [5.74, 6) is -0.725. The van der Waals surface area contributed by atoms with Gasteiger partial charge in [0.2, 0.25) is 5.91 Å². The number of halogens is 1. The third-order valence-corrected chi connectivity index (χ3v) is 4.13. The Balaban J connectivity index is 2.14. The van der Waals surface area contributed by atoms with Crippen LogP contribution in [0.3, 0.4) is 0 Å². The number of benzene rings is 1. The number of pyridine rings is 1. The zero-order valence-corrected chi connectivity index (χ0v) is 13.4. The molecule has 1 amide bonds. The van der Waals surface area contributed by atoms with Crippen LogP contribution in [0.4, 0.5) is 15.9 Å². The Bertz CT molecular complexity index is 854. The van der Waals surface area contributed by atoms with E-state index in [1.54, 1.807) is 6.92 Å². The molecule has 1 atom stereocenters. The topological polar surface area (TPSA) is 116 Å². The summed E-state index contributed by atoms with van der Waals surface area (Å²) < 4.78 is 12.9. The predicted octanol–water partition coefficient (Wildman–Crippen LogP) is 2.67. The van der Waals surface area contributed by atoms with Gasteiger partial charge in [-0.1, -0.05) is 11.8 Å². The van der Waals surface area contributed by atoms with Crippen LogP contribution in [0.5, 0.6) is 0 Å². The van der Waals surface area contributed by atoms with E-state index in [2.05, 4.69) is 10.3 Å². The average Bonchev–Trinajstić information content (AvgIpc) is 2.57. The van der Waals surface area contributed by atoms with E-state index in [1.165, 1.54) is 30.3 Å². The summed E-state index contributed by atoms with van der Waals surface area (Å²) in [7, 11) is 0. The van der Waals surface area contributed by atoms with E-state index in [0.29, 0.717) is 5.69 Å². The van der Waals surface area contributed by atoms with Crippen LogP contribution >= 0.6 is 11.8 Å². The van der Waals surface area contributed by atoms with Gasteiger partial charge in [-0.05, 0) is 37.3 Å². The smallest absolute Gasteiger partial charge is 0.237 e. The monoisotopic (exact) mass is 341 g/mol. The number of anilines is 2. The standard InChI is InChI=1S/C16H12FN5OS/c1-9(15(23)21-13-4-2-12(17)3-5-13)24-16-11(8-19)6-10(7-18)14(20)22-16/h2-6,9H,1H3,(H2,20,22)(H,21,23)/t9-/m0/s1. The van der Waals surface area contributed by atoms with Gasteiger partial charge in [0.1, 0.15) is 28.8 Å². The van der Waals surface area contributed by atoms with Gasteiger partial charge in [-0.25, -0.2) is 9.37 Å². The van der Waals surface area contributed by atoms with Crippen LogP contribution in [0.2, 0.25) is 0 Å². The Labute approximate surface area is 142 Å². The van der Waals surface area contributed by atoms with Gasteiger partial charge in [-0.2, -0.15) is 10.5 Å². The fraction of sp³-hybridized carbons (Fsp3) is 0.125. The van der Waals surface area contributed by atoms with Crippen LogP contribution in [0.25, 0.3) is 0 Å². The SMILES string of the molecule is C[C@H](Sc1nc(N)c(C#N)cc1C#N)C(=O)Nc1ccc(F)cc1. The molecule has 0 aliphatic rings. The summed E-state index contributed by atoms with van der Waals surface area (Å²) in [5, 5.41) is 20.4. The average molecular weight is 341 g/mol. The molecule has 24 heavy (non-hydrogen) atoms. The highest BCUT2D eigenvalue weighted by molar-refractivity contribution is 8.00. The number of carbonyl (C=O) groups is 1. The van der Waals surface area contributed by atoms with Gasteiger partial charge in [0.05, 0.1) is 16.4 Å². The molecule has 0 radical (unpaired) electrons. The highest BCUT2D eigenvalue weighted by Crippen LogP contribution is 2.28. The maximum atomic E-state index is 12.9. The van der Waals surface area contributed by atoms with Crippen molar-refractivity contribution >= 4 is 29.2 Å². The first-order valence-electron chi connectivity index (χ1n) is 6.78. The molecule has 0 aliphatic carbocycles. The normalized spacial score (nSPS) is 11.2. The predicted molar refractivity (Wildman–Crippen MR) is 88.4 cm³/mol. The number of thioether (sulfide) groups is 1. The molecule has 0 spiro atoms. The first-order chi connectivity index (χ1) is 11.4. The number of amides is 1. The van der Waals surface area contributed by atoms with Crippen molar-refractivity contribution in [3.63, 3.8) is 0 Å². The van der Waals surface area contributed by atoms with E-state index in [4.69, 9.17) is 16.3 Å². The third-order valence-electron chi connectivity index (χ3n) is 3.03. The van der Waals surface area contributed by atoms with E-state index in [9.17, 15) is 9.18 Å². The summed E-state index contributed by atoms with van der Waals surface area (Å²) in [6.07, 6.45) is 0. The number of nitriles is 2. The van der Waals surface area contributed by atoms with Gasteiger partial charge in [0.25, 0.3) is 0 Å². The number of hydrogen-bond acceptors (Lipinski definition) is 6. The molecule has 0 unspecified atom stereocenters. The first kappa shape index (κ1) is 17.3. The highest BCUT2D eigenvalue weighted by atomic mass is 32.2. The maximum Gasteiger partial charge on any atom is 0.237 e. The van der Waals surface area contributed by atoms with Gasteiger partial charge in [-0.3, -0.25) is 4.79 Å². The van der Waals surface area contributed by atoms with E-state index < -0.39 is 11.1 Å². The zero-order valence-electron chi connectivity index (χ0n) is 12.6. The summed E-state index contributed by atoms with van der Waals surface area (Å²) in [4.78, 5) is 16.2. The Morgan fingerprint density at radius 3 is 2.50 bits per heavy atom. The van der Waals surface area contributed by atoms with Crippen molar-refractivity contribution in [2.24, 2.45) is 0 Å². The number of carbonyl (C=O) groups excluding carboxylic acids is 1. The Hall–Kier alpha value is -3.10. The first-order valence-corrected chi connectivity index (χ1v) is 7.66. The fourth-order valence-corrected chi connectivity index (χ4v) is 2.65. The van der Waals surface area contributed by atoms with Crippen molar-refractivity contribution < 1.29 is 9.18 Å². The Morgan fingerprint density at radius 2 is 1.92 bits per heavy atom. The largest absolute Gasteiger partial charge is 0.383 e. The van der Waals surface area contributed by atoms with Crippen LogP contribution in [0, 0.1) is 28.5 Å². The molecule has 0 aliphatic heterocycles. The van der Waals surface area contributed by atoms with Crippen molar-refractivity contribution in [2.75, 3.05) is 11.1 Å². The van der Waals surface area contributed by atoms with Crippen molar-refractivity contribution in [1.82, 2.24) is 4.98 Å². The zero-order chi connectivity index (χ0) is 17.7. The van der Waals surface area contributed by atoms with Crippen molar-refractivity contribution in [3.05, 3.63) is 47.3 Å². The molecule has 3 N–H and O–H groups in total. The summed E-state index contributed by atoms with van der Waals surface area (Å²) in [6, 6.07) is 10.5. The van der Waals surface area contributed by atoms with Crippen LogP contribution in [-0.4, -0.2) is 16.1 Å². The lowest BCUT2D eigenvalue weighted by Crippen LogP contribution is -2.22. The third kappa shape index (κ3) is 4.00. The molecule has 2 aromatic rings. The summed E-state index contributed by atoms with van der Waals surface area (Å²) >= 11 is 1.05. The lowest BCUT2D eigenvalue weighted by atomic mass is 10.2. The quantitative estimate of drug-likeness (QED) is 0.826. The lowest BCUT2D eigenvalue weighted by molar-refractivity contribution is -0.115. The molecule has 1 aromatic carbocycles. The second kappa shape index (κ2) is 7.44. The number of nitrogens with zero attached hydrogens (tertiary/aromatic N) is 3. The molecule has 120 valence electrons. The van der Waals surface area contributed by atoms with Gasteiger partial charge in [-0.15, -0.1) is 0 Å². The number of aromatic nitrogens is 1. The van der Waals surface area contributed by atoms with Gasteiger partial charge in [0, 0.05) is 5.69 Å². The number of hydrogen-bond donors (Lipinski definition) is 2. The van der Waals surface area contributed by atoms with E-state index in [1.807, 2.05) is 12.1 Å². The molecular weight excluding hydrogens is 329 g/mol. The molecule has 0 fully saturated rings. The molecule has 0 saturated carbocycles. The van der Waals surface area contributed by atoms with Crippen molar-refractivity contribution in [3.8, 4) is 12.1 Å². The lowest BCUT2D eigenvalue weighted by Gasteiger charge is -2.13. The molecule has 2 rings (SSSR count). The number of nitrogens with two attached hydrogens (primary N) is 1. The second-order valence-corrected chi connectivity index (χ2v) is 6.08. The minimum atomic E-state index is -0.581. The molecule has 1 heterocycles. The van der Waals surface area contributed by atoms with Crippen LogP contribution < -0.4 is 11.1 Å². The second-order valence-electron chi connectivity index (χ2n) is 4.75. The molecule has 8 heteroatoms. The van der Waals surface area contributed by atoms with E-state index >= 15 is 0 Å². The van der Waals surface area contributed by atoms with Gasteiger partial charge in [0.15, 0.2) is 0 Å². The molecule has 0 saturated heterocycles. The summed E-state index contributed by atoms with van der Waals surface area (Å²) in [5.41, 5.74) is 6.40. The van der Waals surface area contributed by atoms with Crippen LogP contribution in [0.15, 0.2) is 35.4 Å². The van der Waals surface area contributed by atoms with Crippen LogP contribution in [-0.2, 0) is 4.79 Å². The van der Waals surface area contributed by atoms with Crippen molar-refractivity contribution in [1.29, 1.82) is 10.5 Å². The van der Waals surface area contributed by atoms with Crippen molar-refractivity contribution in [2.45, 2.75) is 17.2 Å². The molecule has 1 aromatic heterocycles. The Kier molecular flexibility index (Phi) is 5.35. The minimum absolute atomic E-state index is 0.00476. The van der Waals surface area contributed by atoms with Gasteiger partial charge < -0.3 is 11.1 Å². The number of nitrogens with one attached hydrogen (secondary N) is 1. The molecule has 0 bridgehead atoms. The number of nitrogen functional groups attached to an aromatic ring is 1. The van der Waals surface area contributed by atoms with Gasteiger partial charge >= 0.3 is 0 Å². The van der Waals surface area contributed by atoms with E-state index in [0.717, 1.165) is 11.8 Å². The molecule has 6 nitrogen and oxygen atoms in total. The maximum absolute atomic E-state index is 12.9.